The second-order valence-electron chi connectivity index (χ2n) is 5.68. The predicted molar refractivity (Wildman–Crippen MR) is 74.9 cm³/mol. The number of amides is 2. The Kier molecular flexibility index (Phi) is 5.65. The minimum Gasteiger partial charge on any atom is -0.417 e. The topological polar surface area (TPSA) is 83.5 Å². The Balaban J connectivity index is 1.82. The lowest BCUT2D eigenvalue weighted by atomic mass is 10.0. The minimum atomic E-state index is -4.75. The summed E-state index contributed by atoms with van der Waals surface area (Å²) in [5.74, 6) is -0.319. The highest BCUT2D eigenvalue weighted by atomic mass is 19.4. The number of carbonyl (C=O) groups is 1. The second-order valence-corrected chi connectivity index (χ2v) is 5.68. The van der Waals surface area contributed by atoms with Crippen LogP contribution >= 0.6 is 0 Å². The summed E-state index contributed by atoms with van der Waals surface area (Å²) in [6, 6.07) is 1.10. The van der Waals surface area contributed by atoms with Crippen LogP contribution in [0, 0.1) is 0 Å². The maximum Gasteiger partial charge on any atom is 0.417 e. The molecule has 1 aliphatic carbocycles. The molecule has 1 aromatic heterocycles. The number of urea groups is 1. The van der Waals surface area contributed by atoms with Crippen molar-refractivity contribution in [2.75, 3.05) is 0 Å². The van der Waals surface area contributed by atoms with Crippen LogP contribution in [0.2, 0.25) is 0 Å². The quantitative estimate of drug-likeness (QED) is 0.696. The van der Waals surface area contributed by atoms with Crippen molar-refractivity contribution in [2.24, 2.45) is 0 Å². The predicted octanol–water partition coefficient (Wildman–Crippen LogP) is 2.33. The van der Waals surface area contributed by atoms with Crippen LogP contribution in [0.15, 0.2) is 18.3 Å². The Hall–Kier alpha value is -2.17. The van der Waals surface area contributed by atoms with E-state index in [1.54, 1.807) is 0 Å². The van der Waals surface area contributed by atoms with Crippen LogP contribution in [0.25, 0.3) is 0 Å². The number of halogens is 5. The van der Waals surface area contributed by atoms with E-state index in [2.05, 4.69) is 20.4 Å². The van der Waals surface area contributed by atoms with Crippen molar-refractivity contribution in [3.05, 3.63) is 23.9 Å². The van der Waals surface area contributed by atoms with Crippen molar-refractivity contribution < 1.29 is 36.6 Å². The summed E-state index contributed by atoms with van der Waals surface area (Å²) >= 11 is 0. The van der Waals surface area contributed by atoms with Crippen molar-refractivity contribution >= 4 is 6.03 Å². The van der Waals surface area contributed by atoms with Gasteiger partial charge >= 0.3 is 18.8 Å². The van der Waals surface area contributed by atoms with Crippen LogP contribution in [0.4, 0.5) is 26.7 Å². The van der Waals surface area contributed by atoms with Gasteiger partial charge in [0.2, 0.25) is 5.88 Å². The van der Waals surface area contributed by atoms with Crippen molar-refractivity contribution in [1.82, 2.24) is 15.6 Å². The number of alkyl halides is 5. The van der Waals surface area contributed by atoms with Crippen LogP contribution in [-0.2, 0) is 6.54 Å². The molecular formula is C14H16F5N3O3. The zero-order valence-corrected chi connectivity index (χ0v) is 12.8. The number of carbonyl (C=O) groups excluding carboxylic acids is 1. The molecule has 0 spiro atoms. The van der Waals surface area contributed by atoms with E-state index in [9.17, 15) is 31.9 Å². The van der Waals surface area contributed by atoms with Crippen molar-refractivity contribution in [3.8, 4) is 5.88 Å². The van der Waals surface area contributed by atoms with Gasteiger partial charge in [0.05, 0.1) is 0 Å². The molecule has 0 aromatic carbocycles. The number of nitrogens with one attached hydrogen (secondary N) is 2. The van der Waals surface area contributed by atoms with Gasteiger partial charge in [0, 0.05) is 31.3 Å². The molecular weight excluding hydrogens is 353 g/mol. The van der Waals surface area contributed by atoms with Crippen LogP contribution in [0.3, 0.4) is 0 Å². The number of nitrogens with zero attached hydrogens (tertiary/aromatic N) is 1. The maximum atomic E-state index is 12.7. The van der Waals surface area contributed by atoms with E-state index in [4.69, 9.17) is 0 Å². The molecule has 3 N–H and O–H groups in total. The third-order valence-corrected chi connectivity index (χ3v) is 3.82. The van der Waals surface area contributed by atoms with Crippen LogP contribution in [-0.4, -0.2) is 40.6 Å². The Labute approximate surface area is 139 Å². The molecule has 11 heteroatoms. The molecule has 0 radical (unpaired) electrons. The largest absolute Gasteiger partial charge is 0.417 e. The number of hydrogen-bond donors (Lipinski definition) is 3. The summed E-state index contributed by atoms with van der Waals surface area (Å²) in [5, 5.41) is 14.3. The fraction of sp³-hybridized carbons (Fsp3) is 0.571. The maximum absolute atomic E-state index is 12.7. The standard InChI is InChI=1S/C14H16F5N3O3/c15-11(16)25-10-5-8(2-4-20-10)7-21-12(23)22-9-1-3-13(24,6-9)14(17,18)19/h2,4-5,9,11,24H,1,3,6-7H2,(H2,21,22,23). The Morgan fingerprint density at radius 2 is 2.20 bits per heavy atom. The lowest BCUT2D eigenvalue weighted by Gasteiger charge is -2.25. The zero-order chi connectivity index (χ0) is 18.7. The monoisotopic (exact) mass is 369 g/mol. The smallest absolute Gasteiger partial charge is 0.417 e. The summed E-state index contributed by atoms with van der Waals surface area (Å²) in [7, 11) is 0. The average molecular weight is 369 g/mol. The normalized spacial score (nSPS) is 23.6. The van der Waals surface area contributed by atoms with Crippen LogP contribution in [0.1, 0.15) is 24.8 Å². The molecule has 25 heavy (non-hydrogen) atoms. The number of pyridine rings is 1. The van der Waals surface area contributed by atoms with E-state index in [1.165, 1.54) is 18.3 Å². The van der Waals surface area contributed by atoms with Gasteiger partial charge in [0.25, 0.3) is 0 Å². The van der Waals surface area contributed by atoms with Crippen molar-refractivity contribution in [1.29, 1.82) is 0 Å². The van der Waals surface area contributed by atoms with E-state index in [1.807, 2.05) is 0 Å². The number of aliphatic hydroxyl groups is 1. The summed E-state index contributed by atoms with van der Waals surface area (Å²) < 4.78 is 66.4. The minimum absolute atomic E-state index is 0.00887. The van der Waals surface area contributed by atoms with E-state index in [0.29, 0.717) is 5.56 Å². The van der Waals surface area contributed by atoms with Crippen LogP contribution in [0.5, 0.6) is 5.88 Å². The molecule has 1 heterocycles. The first kappa shape index (κ1) is 19.2. The Morgan fingerprint density at radius 1 is 1.48 bits per heavy atom. The number of ether oxygens (including phenoxy) is 1. The third kappa shape index (κ3) is 5.15. The molecule has 0 saturated heterocycles. The van der Waals surface area contributed by atoms with Gasteiger partial charge in [-0.15, -0.1) is 0 Å². The van der Waals surface area contributed by atoms with Crippen LogP contribution < -0.4 is 15.4 Å². The molecule has 2 rings (SSSR count). The number of rotatable bonds is 5. The van der Waals surface area contributed by atoms with Gasteiger partial charge in [-0.05, 0) is 24.5 Å². The van der Waals surface area contributed by atoms with Gasteiger partial charge in [-0.1, -0.05) is 0 Å². The van der Waals surface area contributed by atoms with Gasteiger partial charge in [0.1, 0.15) is 0 Å². The highest BCUT2D eigenvalue weighted by Gasteiger charge is 2.57. The molecule has 1 aromatic rings. The zero-order valence-electron chi connectivity index (χ0n) is 12.8. The third-order valence-electron chi connectivity index (χ3n) is 3.82. The van der Waals surface area contributed by atoms with E-state index in [-0.39, 0.29) is 18.8 Å². The SMILES string of the molecule is O=C(NCc1ccnc(OC(F)F)c1)NC1CCC(O)(C(F)(F)F)C1. The first-order valence-corrected chi connectivity index (χ1v) is 7.32. The fourth-order valence-corrected chi connectivity index (χ4v) is 2.54. The van der Waals surface area contributed by atoms with Crippen molar-refractivity contribution in [3.63, 3.8) is 0 Å². The molecule has 2 amide bonds. The molecule has 140 valence electrons. The second kappa shape index (κ2) is 7.38. The molecule has 1 saturated carbocycles. The Bertz CT molecular complexity index is 614. The number of hydrogen-bond acceptors (Lipinski definition) is 4. The van der Waals surface area contributed by atoms with Gasteiger partial charge < -0.3 is 20.5 Å². The molecule has 1 aliphatic rings. The average Bonchev–Trinajstić information content (AvgIpc) is 2.87. The molecule has 2 unspecified atom stereocenters. The molecule has 6 nitrogen and oxygen atoms in total. The lowest BCUT2D eigenvalue weighted by molar-refractivity contribution is -0.257. The first-order chi connectivity index (χ1) is 11.6. The molecule has 0 bridgehead atoms. The molecule has 2 atom stereocenters. The summed E-state index contributed by atoms with van der Waals surface area (Å²) in [5.41, 5.74) is -2.38. The lowest BCUT2D eigenvalue weighted by Crippen LogP contribution is -2.46. The first-order valence-electron chi connectivity index (χ1n) is 7.32. The van der Waals surface area contributed by atoms with Gasteiger partial charge in [-0.3, -0.25) is 0 Å². The van der Waals surface area contributed by atoms with Gasteiger partial charge in [0.15, 0.2) is 5.60 Å². The number of aromatic nitrogens is 1. The molecule has 0 aliphatic heterocycles. The van der Waals surface area contributed by atoms with E-state index >= 15 is 0 Å². The summed E-state index contributed by atoms with van der Waals surface area (Å²) in [4.78, 5) is 15.3. The van der Waals surface area contributed by atoms with Gasteiger partial charge in [-0.25, -0.2) is 9.78 Å². The highest BCUT2D eigenvalue weighted by Crippen LogP contribution is 2.42. The van der Waals surface area contributed by atoms with E-state index in [0.717, 1.165) is 0 Å². The molecule has 1 fully saturated rings. The highest BCUT2D eigenvalue weighted by molar-refractivity contribution is 5.74. The Morgan fingerprint density at radius 3 is 2.80 bits per heavy atom. The fourth-order valence-electron chi connectivity index (χ4n) is 2.54. The summed E-state index contributed by atoms with van der Waals surface area (Å²) in [6.07, 6.45) is -4.65. The van der Waals surface area contributed by atoms with Crippen molar-refractivity contribution in [2.45, 2.75) is 50.2 Å². The summed E-state index contributed by atoms with van der Waals surface area (Å²) in [6.45, 7) is -3.10. The van der Waals surface area contributed by atoms with Gasteiger partial charge in [-0.2, -0.15) is 22.0 Å². The van der Waals surface area contributed by atoms with E-state index < -0.39 is 43.3 Å².